The van der Waals surface area contributed by atoms with Gasteiger partial charge in [0.1, 0.15) is 0 Å². The number of nitro benzene ring substituents is 1. The van der Waals surface area contributed by atoms with Gasteiger partial charge in [0.25, 0.3) is 0 Å². The lowest BCUT2D eigenvalue weighted by Crippen LogP contribution is -2.23. The highest BCUT2D eigenvalue weighted by molar-refractivity contribution is 5.58. The summed E-state index contributed by atoms with van der Waals surface area (Å²) >= 11 is 0. The lowest BCUT2D eigenvalue weighted by atomic mass is 9.87. The number of ether oxygens (including phenoxy) is 1. The molecule has 0 spiro atoms. The topological polar surface area (TPSA) is 84.6 Å². The van der Waals surface area contributed by atoms with Gasteiger partial charge < -0.3 is 15.2 Å². The minimum atomic E-state index is -0.433. The zero-order chi connectivity index (χ0) is 15.2. The van der Waals surface area contributed by atoms with Crippen LogP contribution < -0.4 is 10.1 Å². The standard InChI is InChI=1S/C15H22N2O4/c1-2-21-15-9-12(5-8-14(15)17(19)20)16-10-11-3-6-13(18)7-4-11/h5,8-9,11,13,16,18H,2-4,6-7,10H2,1H3. The van der Waals surface area contributed by atoms with Crippen molar-refractivity contribution in [2.45, 2.75) is 38.7 Å². The molecule has 6 nitrogen and oxygen atoms in total. The Labute approximate surface area is 124 Å². The average molecular weight is 294 g/mol. The molecule has 1 fully saturated rings. The average Bonchev–Trinajstić information content (AvgIpc) is 2.47. The quantitative estimate of drug-likeness (QED) is 0.622. The maximum absolute atomic E-state index is 10.9. The Kier molecular flexibility index (Phi) is 5.38. The summed E-state index contributed by atoms with van der Waals surface area (Å²) in [6, 6.07) is 4.86. The fourth-order valence-electron chi connectivity index (χ4n) is 2.66. The Balaban J connectivity index is 1.97. The van der Waals surface area contributed by atoms with Crippen LogP contribution in [0.1, 0.15) is 32.6 Å². The Morgan fingerprint density at radius 2 is 2.10 bits per heavy atom. The zero-order valence-electron chi connectivity index (χ0n) is 12.2. The number of aliphatic hydroxyl groups excluding tert-OH is 1. The van der Waals surface area contributed by atoms with Gasteiger partial charge in [-0.2, -0.15) is 0 Å². The first kappa shape index (κ1) is 15.6. The first-order chi connectivity index (χ1) is 10.1. The third-order valence-electron chi connectivity index (χ3n) is 3.87. The second-order valence-electron chi connectivity index (χ2n) is 5.43. The van der Waals surface area contributed by atoms with Crippen LogP contribution in [-0.4, -0.2) is 29.3 Å². The van der Waals surface area contributed by atoms with Gasteiger partial charge in [0.15, 0.2) is 5.75 Å². The van der Waals surface area contributed by atoms with E-state index in [-0.39, 0.29) is 11.8 Å². The molecule has 2 rings (SSSR count). The van der Waals surface area contributed by atoms with Crippen LogP contribution in [0.2, 0.25) is 0 Å². The fraction of sp³-hybridized carbons (Fsp3) is 0.600. The molecule has 21 heavy (non-hydrogen) atoms. The Morgan fingerprint density at radius 3 is 2.71 bits per heavy atom. The summed E-state index contributed by atoms with van der Waals surface area (Å²) < 4.78 is 5.33. The summed E-state index contributed by atoms with van der Waals surface area (Å²) in [5.41, 5.74) is 0.818. The first-order valence-electron chi connectivity index (χ1n) is 7.43. The predicted molar refractivity (Wildman–Crippen MR) is 80.7 cm³/mol. The number of anilines is 1. The molecule has 0 amide bonds. The van der Waals surface area contributed by atoms with Gasteiger partial charge in [-0.3, -0.25) is 10.1 Å². The van der Waals surface area contributed by atoms with Crippen molar-refractivity contribution >= 4 is 11.4 Å². The molecule has 0 heterocycles. The molecule has 0 aromatic heterocycles. The number of nitro groups is 1. The molecule has 1 saturated carbocycles. The van der Waals surface area contributed by atoms with Crippen molar-refractivity contribution in [3.8, 4) is 5.75 Å². The number of hydrogen-bond acceptors (Lipinski definition) is 5. The monoisotopic (exact) mass is 294 g/mol. The van der Waals surface area contributed by atoms with Crippen molar-refractivity contribution in [2.75, 3.05) is 18.5 Å². The SMILES string of the molecule is CCOc1cc(NCC2CCC(O)CC2)ccc1[N+](=O)[O-]. The Bertz CT molecular complexity index is 485. The smallest absolute Gasteiger partial charge is 0.311 e. The molecule has 1 aliphatic rings. The Hall–Kier alpha value is -1.82. The van der Waals surface area contributed by atoms with Gasteiger partial charge in [0, 0.05) is 24.4 Å². The number of nitrogens with one attached hydrogen (secondary N) is 1. The van der Waals surface area contributed by atoms with Crippen LogP contribution in [0.4, 0.5) is 11.4 Å². The summed E-state index contributed by atoms with van der Waals surface area (Å²) in [6.45, 7) is 3.01. The lowest BCUT2D eigenvalue weighted by Gasteiger charge is -2.25. The van der Waals surface area contributed by atoms with E-state index in [9.17, 15) is 15.2 Å². The third kappa shape index (κ3) is 4.32. The molecule has 0 radical (unpaired) electrons. The van der Waals surface area contributed by atoms with E-state index in [0.29, 0.717) is 18.3 Å². The summed E-state index contributed by atoms with van der Waals surface area (Å²) in [5, 5.41) is 23.7. The Morgan fingerprint density at radius 1 is 1.38 bits per heavy atom. The van der Waals surface area contributed by atoms with Crippen LogP contribution in [0, 0.1) is 16.0 Å². The van der Waals surface area contributed by atoms with Crippen LogP contribution in [0.5, 0.6) is 5.75 Å². The first-order valence-corrected chi connectivity index (χ1v) is 7.43. The van der Waals surface area contributed by atoms with Gasteiger partial charge >= 0.3 is 5.69 Å². The van der Waals surface area contributed by atoms with Crippen LogP contribution >= 0.6 is 0 Å². The zero-order valence-corrected chi connectivity index (χ0v) is 12.2. The lowest BCUT2D eigenvalue weighted by molar-refractivity contribution is -0.385. The molecule has 116 valence electrons. The number of hydrogen-bond donors (Lipinski definition) is 2. The molecule has 0 atom stereocenters. The van der Waals surface area contributed by atoms with Crippen LogP contribution in [0.3, 0.4) is 0 Å². The van der Waals surface area contributed by atoms with E-state index in [1.54, 1.807) is 19.1 Å². The van der Waals surface area contributed by atoms with Crippen LogP contribution in [0.15, 0.2) is 18.2 Å². The van der Waals surface area contributed by atoms with Gasteiger partial charge in [-0.05, 0) is 44.6 Å². The van der Waals surface area contributed by atoms with Gasteiger partial charge in [-0.25, -0.2) is 0 Å². The van der Waals surface area contributed by atoms with Crippen molar-refractivity contribution in [2.24, 2.45) is 5.92 Å². The van der Waals surface area contributed by atoms with Gasteiger partial charge in [-0.1, -0.05) is 0 Å². The van der Waals surface area contributed by atoms with E-state index in [2.05, 4.69) is 5.32 Å². The maximum atomic E-state index is 10.9. The molecule has 0 bridgehead atoms. The van der Waals surface area contributed by atoms with Crippen molar-refractivity contribution in [1.29, 1.82) is 0 Å². The highest BCUT2D eigenvalue weighted by atomic mass is 16.6. The highest BCUT2D eigenvalue weighted by Crippen LogP contribution is 2.31. The minimum absolute atomic E-state index is 0.0109. The third-order valence-corrected chi connectivity index (χ3v) is 3.87. The van der Waals surface area contributed by atoms with Gasteiger partial charge in [0.05, 0.1) is 17.6 Å². The molecule has 2 N–H and O–H groups in total. The highest BCUT2D eigenvalue weighted by Gasteiger charge is 2.20. The van der Waals surface area contributed by atoms with E-state index in [4.69, 9.17) is 4.74 Å². The van der Waals surface area contributed by atoms with E-state index >= 15 is 0 Å². The number of nitrogens with zero attached hydrogens (tertiary/aromatic N) is 1. The van der Waals surface area contributed by atoms with Crippen molar-refractivity contribution < 1.29 is 14.8 Å². The molecule has 6 heteroatoms. The van der Waals surface area contributed by atoms with Crippen LogP contribution in [0.25, 0.3) is 0 Å². The number of aliphatic hydroxyl groups is 1. The molecular formula is C15H22N2O4. The number of rotatable bonds is 6. The predicted octanol–water partition coefficient (Wildman–Crippen LogP) is 2.96. The largest absolute Gasteiger partial charge is 0.487 e. The van der Waals surface area contributed by atoms with Gasteiger partial charge in [-0.15, -0.1) is 0 Å². The molecule has 1 aliphatic carbocycles. The van der Waals surface area contributed by atoms with Crippen molar-refractivity contribution in [3.63, 3.8) is 0 Å². The molecule has 0 aliphatic heterocycles. The van der Waals surface area contributed by atoms with Gasteiger partial charge in [0.2, 0.25) is 0 Å². The van der Waals surface area contributed by atoms with Crippen molar-refractivity contribution in [1.82, 2.24) is 0 Å². The van der Waals surface area contributed by atoms with E-state index < -0.39 is 4.92 Å². The van der Waals surface area contributed by atoms with Crippen molar-refractivity contribution in [3.05, 3.63) is 28.3 Å². The normalized spacial score (nSPS) is 21.8. The minimum Gasteiger partial charge on any atom is -0.487 e. The maximum Gasteiger partial charge on any atom is 0.311 e. The second-order valence-corrected chi connectivity index (χ2v) is 5.43. The second kappa shape index (κ2) is 7.26. The number of benzene rings is 1. The summed E-state index contributed by atoms with van der Waals surface area (Å²) in [7, 11) is 0. The summed E-state index contributed by atoms with van der Waals surface area (Å²) in [6.07, 6.45) is 3.59. The van der Waals surface area contributed by atoms with Crippen LogP contribution in [-0.2, 0) is 0 Å². The summed E-state index contributed by atoms with van der Waals surface area (Å²) in [5.74, 6) is 0.839. The fourth-order valence-corrected chi connectivity index (χ4v) is 2.66. The molecule has 1 aromatic carbocycles. The van der Waals surface area contributed by atoms with E-state index in [0.717, 1.165) is 37.9 Å². The molecule has 0 unspecified atom stereocenters. The molecular weight excluding hydrogens is 272 g/mol. The molecule has 0 saturated heterocycles. The van der Waals surface area contributed by atoms with E-state index in [1.807, 2.05) is 0 Å². The van der Waals surface area contributed by atoms with E-state index in [1.165, 1.54) is 6.07 Å². The molecule has 1 aromatic rings. The summed E-state index contributed by atoms with van der Waals surface area (Å²) in [4.78, 5) is 10.5.